The molecule has 1 aromatic carbocycles. The highest BCUT2D eigenvalue weighted by atomic mass is 35.5. The molecule has 2 heterocycles. The molecule has 110 valence electrons. The summed E-state index contributed by atoms with van der Waals surface area (Å²) >= 11 is 7.38. The molecule has 6 heteroatoms. The Hall–Kier alpha value is -1.43. The minimum Gasteiger partial charge on any atom is -0.347 e. The number of carbonyl (C=O) groups excluding carboxylic acids is 1. The molecule has 1 aliphatic heterocycles. The van der Waals surface area contributed by atoms with Crippen LogP contribution < -0.4 is 10.6 Å². The maximum absolute atomic E-state index is 12.1. The van der Waals surface area contributed by atoms with Crippen molar-refractivity contribution in [2.75, 3.05) is 6.54 Å². The molecule has 3 rings (SSSR count). The molecule has 21 heavy (non-hydrogen) atoms. The average Bonchev–Trinajstić information content (AvgIpc) is 3.17. The van der Waals surface area contributed by atoms with Gasteiger partial charge in [0.1, 0.15) is 10.7 Å². The lowest BCUT2D eigenvalue weighted by atomic mass is 10.2. The monoisotopic (exact) mass is 321 g/mol. The normalized spacial score (nSPS) is 17.9. The molecule has 1 amide bonds. The zero-order valence-corrected chi connectivity index (χ0v) is 13.0. The van der Waals surface area contributed by atoms with Crippen LogP contribution in [-0.2, 0) is 6.54 Å². The second kappa shape index (κ2) is 6.56. The third kappa shape index (κ3) is 3.61. The lowest BCUT2D eigenvalue weighted by Gasteiger charge is -2.05. The van der Waals surface area contributed by atoms with Crippen LogP contribution in [0.5, 0.6) is 0 Å². The van der Waals surface area contributed by atoms with Crippen LogP contribution in [0.4, 0.5) is 0 Å². The van der Waals surface area contributed by atoms with Gasteiger partial charge in [-0.1, -0.05) is 23.7 Å². The van der Waals surface area contributed by atoms with Gasteiger partial charge in [-0.15, -0.1) is 11.3 Å². The van der Waals surface area contributed by atoms with E-state index in [0.29, 0.717) is 23.3 Å². The highest BCUT2D eigenvalue weighted by Gasteiger charge is 2.20. The standard InChI is InChI=1S/C15H16ClN3OS/c16-11-5-3-10(4-6-11)8-18-14(20)13-9-21-15(19-13)12-2-1-7-17-12/h3-6,9,12,17H,1-2,7-8H2,(H,18,20). The summed E-state index contributed by atoms with van der Waals surface area (Å²) in [5, 5.41) is 9.79. The topological polar surface area (TPSA) is 54.0 Å². The van der Waals surface area contributed by atoms with E-state index in [2.05, 4.69) is 15.6 Å². The van der Waals surface area contributed by atoms with E-state index in [0.717, 1.165) is 23.5 Å². The molecule has 0 saturated carbocycles. The van der Waals surface area contributed by atoms with E-state index in [1.54, 1.807) is 11.3 Å². The van der Waals surface area contributed by atoms with Crippen LogP contribution in [0.25, 0.3) is 0 Å². The Morgan fingerprint density at radius 2 is 2.24 bits per heavy atom. The lowest BCUT2D eigenvalue weighted by Crippen LogP contribution is -2.23. The second-order valence-electron chi connectivity index (χ2n) is 5.03. The smallest absolute Gasteiger partial charge is 0.271 e. The van der Waals surface area contributed by atoms with Gasteiger partial charge in [-0.25, -0.2) is 4.98 Å². The maximum Gasteiger partial charge on any atom is 0.271 e. The van der Waals surface area contributed by atoms with Crippen LogP contribution in [0.15, 0.2) is 29.6 Å². The summed E-state index contributed by atoms with van der Waals surface area (Å²) in [7, 11) is 0. The highest BCUT2D eigenvalue weighted by Crippen LogP contribution is 2.25. The molecule has 0 radical (unpaired) electrons. The van der Waals surface area contributed by atoms with E-state index in [4.69, 9.17) is 11.6 Å². The molecule has 1 saturated heterocycles. The van der Waals surface area contributed by atoms with Crippen molar-refractivity contribution >= 4 is 28.8 Å². The number of hydrogen-bond donors (Lipinski definition) is 2. The summed E-state index contributed by atoms with van der Waals surface area (Å²) in [6.45, 7) is 1.51. The van der Waals surface area contributed by atoms with Gasteiger partial charge in [0.05, 0.1) is 6.04 Å². The van der Waals surface area contributed by atoms with Crippen LogP contribution in [0.2, 0.25) is 5.02 Å². The zero-order chi connectivity index (χ0) is 14.7. The zero-order valence-electron chi connectivity index (χ0n) is 11.4. The van der Waals surface area contributed by atoms with Crippen molar-refractivity contribution in [3.8, 4) is 0 Å². The molecular formula is C15H16ClN3OS. The summed E-state index contributed by atoms with van der Waals surface area (Å²) in [6, 6.07) is 7.74. The number of aromatic nitrogens is 1. The van der Waals surface area contributed by atoms with Crippen LogP contribution in [0.3, 0.4) is 0 Å². The molecule has 1 aromatic heterocycles. The Kier molecular flexibility index (Phi) is 4.53. The third-order valence-electron chi connectivity index (χ3n) is 3.48. The summed E-state index contributed by atoms with van der Waals surface area (Å²) in [4.78, 5) is 16.5. The Balaban J connectivity index is 1.59. The Bertz CT molecular complexity index is 620. The third-order valence-corrected chi connectivity index (χ3v) is 4.69. The fourth-order valence-electron chi connectivity index (χ4n) is 2.32. The highest BCUT2D eigenvalue weighted by molar-refractivity contribution is 7.09. The van der Waals surface area contributed by atoms with Crippen LogP contribution in [0.1, 0.15) is 39.9 Å². The van der Waals surface area contributed by atoms with Gasteiger partial charge in [0, 0.05) is 16.9 Å². The minimum absolute atomic E-state index is 0.134. The molecule has 1 unspecified atom stereocenters. The van der Waals surface area contributed by atoms with E-state index in [-0.39, 0.29) is 5.91 Å². The minimum atomic E-state index is -0.134. The van der Waals surface area contributed by atoms with Crippen LogP contribution in [-0.4, -0.2) is 17.4 Å². The first-order valence-electron chi connectivity index (χ1n) is 6.94. The number of carbonyl (C=O) groups is 1. The van der Waals surface area contributed by atoms with Crippen molar-refractivity contribution in [1.29, 1.82) is 0 Å². The van der Waals surface area contributed by atoms with Gasteiger partial charge in [0.2, 0.25) is 0 Å². The van der Waals surface area contributed by atoms with E-state index >= 15 is 0 Å². The number of rotatable bonds is 4. The quantitative estimate of drug-likeness (QED) is 0.909. The first kappa shape index (κ1) is 14.5. The number of thiazole rings is 1. The van der Waals surface area contributed by atoms with Crippen LogP contribution in [0, 0.1) is 0 Å². The maximum atomic E-state index is 12.1. The Morgan fingerprint density at radius 1 is 1.43 bits per heavy atom. The summed E-state index contributed by atoms with van der Waals surface area (Å²) in [6.07, 6.45) is 2.27. The van der Waals surface area contributed by atoms with Gasteiger partial charge in [0.15, 0.2) is 0 Å². The van der Waals surface area contributed by atoms with Gasteiger partial charge in [-0.2, -0.15) is 0 Å². The molecule has 0 bridgehead atoms. The molecule has 4 nitrogen and oxygen atoms in total. The molecule has 1 aliphatic rings. The van der Waals surface area contributed by atoms with Crippen molar-refractivity contribution in [3.05, 3.63) is 50.9 Å². The van der Waals surface area contributed by atoms with Crippen molar-refractivity contribution in [2.24, 2.45) is 0 Å². The number of hydrogen-bond acceptors (Lipinski definition) is 4. The first-order valence-corrected chi connectivity index (χ1v) is 8.19. The summed E-state index contributed by atoms with van der Waals surface area (Å²) in [5.41, 5.74) is 1.51. The summed E-state index contributed by atoms with van der Waals surface area (Å²) < 4.78 is 0. The Morgan fingerprint density at radius 3 is 2.95 bits per heavy atom. The van der Waals surface area contributed by atoms with Crippen molar-refractivity contribution in [1.82, 2.24) is 15.6 Å². The SMILES string of the molecule is O=C(NCc1ccc(Cl)cc1)c1csc(C2CCCN2)n1. The fourth-order valence-corrected chi connectivity index (χ4v) is 3.36. The Labute approximate surface area is 132 Å². The molecule has 0 spiro atoms. The number of nitrogens with one attached hydrogen (secondary N) is 2. The average molecular weight is 322 g/mol. The van der Waals surface area contributed by atoms with Gasteiger partial charge < -0.3 is 10.6 Å². The predicted molar refractivity (Wildman–Crippen MR) is 84.7 cm³/mol. The largest absolute Gasteiger partial charge is 0.347 e. The number of amides is 1. The van der Waals surface area contributed by atoms with E-state index in [1.165, 1.54) is 6.42 Å². The molecule has 2 N–H and O–H groups in total. The van der Waals surface area contributed by atoms with Gasteiger partial charge in [-0.05, 0) is 37.1 Å². The first-order chi connectivity index (χ1) is 10.2. The number of benzene rings is 1. The van der Waals surface area contributed by atoms with E-state index in [1.807, 2.05) is 29.6 Å². The molecule has 1 atom stereocenters. The number of halogens is 1. The van der Waals surface area contributed by atoms with E-state index < -0.39 is 0 Å². The van der Waals surface area contributed by atoms with Gasteiger partial charge >= 0.3 is 0 Å². The molecule has 0 aliphatic carbocycles. The van der Waals surface area contributed by atoms with Gasteiger partial charge in [0.25, 0.3) is 5.91 Å². The van der Waals surface area contributed by atoms with E-state index in [9.17, 15) is 4.79 Å². The second-order valence-corrected chi connectivity index (χ2v) is 6.36. The van der Waals surface area contributed by atoms with Crippen LogP contribution >= 0.6 is 22.9 Å². The predicted octanol–water partition coefficient (Wildman–Crippen LogP) is 3.15. The van der Waals surface area contributed by atoms with Crippen molar-refractivity contribution < 1.29 is 4.79 Å². The molecular weight excluding hydrogens is 306 g/mol. The van der Waals surface area contributed by atoms with Gasteiger partial charge in [-0.3, -0.25) is 4.79 Å². The fraction of sp³-hybridized carbons (Fsp3) is 0.333. The van der Waals surface area contributed by atoms with Crippen molar-refractivity contribution in [2.45, 2.75) is 25.4 Å². The lowest BCUT2D eigenvalue weighted by molar-refractivity contribution is 0.0946. The number of nitrogens with zero attached hydrogens (tertiary/aromatic N) is 1. The van der Waals surface area contributed by atoms with Crippen molar-refractivity contribution in [3.63, 3.8) is 0 Å². The molecule has 2 aromatic rings. The summed E-state index contributed by atoms with van der Waals surface area (Å²) in [5.74, 6) is -0.134. The molecule has 1 fully saturated rings.